The molecule has 0 fully saturated rings. The Bertz CT molecular complexity index is 944. The van der Waals surface area contributed by atoms with Gasteiger partial charge in [-0.25, -0.2) is 9.07 Å². The molecule has 6 heteroatoms. The average Bonchev–Trinajstić information content (AvgIpc) is 3.07. The predicted molar refractivity (Wildman–Crippen MR) is 97.3 cm³/mol. The van der Waals surface area contributed by atoms with Crippen molar-refractivity contribution in [3.8, 4) is 5.69 Å². The molecule has 0 saturated heterocycles. The number of nitrogens with one attached hydrogen (secondary N) is 1. The summed E-state index contributed by atoms with van der Waals surface area (Å²) in [5.41, 5.74) is 3.05. The van der Waals surface area contributed by atoms with E-state index in [1.165, 1.54) is 25.3 Å². The Labute approximate surface area is 150 Å². The van der Waals surface area contributed by atoms with E-state index in [9.17, 15) is 14.0 Å². The number of hydrogen-bond acceptors (Lipinski definition) is 3. The number of carbonyl (C=O) groups is 2. The van der Waals surface area contributed by atoms with E-state index in [0.717, 1.165) is 5.69 Å². The van der Waals surface area contributed by atoms with Gasteiger partial charge in [-0.3, -0.25) is 9.59 Å². The minimum Gasteiger partial charge on any atom is -0.322 e. The van der Waals surface area contributed by atoms with Crippen molar-refractivity contribution in [3.05, 3.63) is 77.4 Å². The molecule has 0 atom stereocenters. The Hall–Kier alpha value is -3.28. The Morgan fingerprint density at radius 2 is 1.73 bits per heavy atom. The van der Waals surface area contributed by atoms with Crippen molar-refractivity contribution in [2.75, 3.05) is 5.32 Å². The van der Waals surface area contributed by atoms with Crippen molar-refractivity contribution < 1.29 is 14.0 Å². The normalized spacial score (nSPS) is 10.6. The molecule has 0 aliphatic carbocycles. The number of carbonyl (C=O) groups excluding carboxylic acids is 2. The molecule has 0 radical (unpaired) electrons. The molecule has 1 aromatic heterocycles. The van der Waals surface area contributed by atoms with Crippen molar-refractivity contribution >= 4 is 17.4 Å². The van der Waals surface area contributed by atoms with E-state index < -0.39 is 0 Å². The Morgan fingerprint density at radius 1 is 1.08 bits per heavy atom. The van der Waals surface area contributed by atoms with E-state index in [0.29, 0.717) is 28.9 Å². The third-order valence-electron chi connectivity index (χ3n) is 4.07. The molecule has 3 rings (SSSR count). The molecule has 0 bridgehead atoms. The summed E-state index contributed by atoms with van der Waals surface area (Å²) in [6, 6.07) is 12.6. The molecule has 5 nitrogen and oxygen atoms in total. The van der Waals surface area contributed by atoms with Crippen molar-refractivity contribution in [2.24, 2.45) is 0 Å². The van der Waals surface area contributed by atoms with Crippen LogP contribution in [0, 0.1) is 5.82 Å². The van der Waals surface area contributed by atoms with Gasteiger partial charge in [-0.2, -0.15) is 5.10 Å². The lowest BCUT2D eigenvalue weighted by Gasteiger charge is -2.09. The molecule has 0 saturated carbocycles. The molecule has 0 spiro atoms. The summed E-state index contributed by atoms with van der Waals surface area (Å²) in [5.74, 6) is -0.645. The number of ketones is 1. The van der Waals surface area contributed by atoms with E-state index in [2.05, 4.69) is 10.4 Å². The Morgan fingerprint density at radius 3 is 2.31 bits per heavy atom. The summed E-state index contributed by atoms with van der Waals surface area (Å²) >= 11 is 0. The smallest absolute Gasteiger partial charge is 0.259 e. The molecule has 26 heavy (non-hydrogen) atoms. The van der Waals surface area contributed by atoms with Crippen LogP contribution in [0.25, 0.3) is 5.69 Å². The highest BCUT2D eigenvalue weighted by Crippen LogP contribution is 2.18. The summed E-state index contributed by atoms with van der Waals surface area (Å²) in [4.78, 5) is 23.9. The molecule has 0 aliphatic rings. The second-order valence-electron chi connectivity index (χ2n) is 5.83. The van der Waals surface area contributed by atoms with Crippen molar-refractivity contribution in [3.63, 3.8) is 0 Å². The van der Waals surface area contributed by atoms with Gasteiger partial charge in [-0.05, 0) is 61.9 Å². The SMILES string of the molecule is CCc1c(C(=O)Nc2ccc(C(C)=O)cc2)cnn1-c1ccc(F)cc1. The lowest BCUT2D eigenvalue weighted by Crippen LogP contribution is -2.14. The van der Waals surface area contributed by atoms with Gasteiger partial charge in [-0.1, -0.05) is 6.92 Å². The fourth-order valence-electron chi connectivity index (χ4n) is 2.70. The number of hydrogen-bond donors (Lipinski definition) is 1. The largest absolute Gasteiger partial charge is 0.322 e. The van der Waals surface area contributed by atoms with Crippen molar-refractivity contribution in [1.29, 1.82) is 0 Å². The number of rotatable bonds is 5. The number of benzene rings is 2. The summed E-state index contributed by atoms with van der Waals surface area (Å²) in [6.45, 7) is 3.42. The van der Waals surface area contributed by atoms with E-state index in [1.54, 1.807) is 41.1 Å². The zero-order chi connectivity index (χ0) is 18.7. The zero-order valence-electron chi connectivity index (χ0n) is 14.5. The lowest BCUT2D eigenvalue weighted by atomic mass is 10.1. The van der Waals surface area contributed by atoms with Gasteiger partial charge in [0, 0.05) is 11.3 Å². The maximum atomic E-state index is 13.1. The van der Waals surface area contributed by atoms with Crippen LogP contribution in [0.3, 0.4) is 0 Å². The first kappa shape index (κ1) is 17.5. The van der Waals surface area contributed by atoms with Gasteiger partial charge in [0.25, 0.3) is 5.91 Å². The third-order valence-corrected chi connectivity index (χ3v) is 4.07. The van der Waals surface area contributed by atoms with Crippen LogP contribution in [0.5, 0.6) is 0 Å². The third kappa shape index (κ3) is 3.54. The summed E-state index contributed by atoms with van der Waals surface area (Å²) < 4.78 is 14.8. The second kappa shape index (κ2) is 7.31. The minimum atomic E-state index is -0.328. The summed E-state index contributed by atoms with van der Waals surface area (Å²) in [7, 11) is 0. The summed E-state index contributed by atoms with van der Waals surface area (Å²) in [6.07, 6.45) is 2.09. The number of anilines is 1. The molecule has 2 aromatic carbocycles. The van der Waals surface area contributed by atoms with Crippen LogP contribution in [0.4, 0.5) is 10.1 Å². The molecular formula is C20H18FN3O2. The van der Waals surface area contributed by atoms with Crippen LogP contribution in [0.2, 0.25) is 0 Å². The maximum Gasteiger partial charge on any atom is 0.259 e. The molecule has 132 valence electrons. The number of Topliss-reactive ketones (excluding diaryl/α,β-unsaturated/α-hetero) is 1. The van der Waals surface area contributed by atoms with E-state index >= 15 is 0 Å². The van der Waals surface area contributed by atoms with Gasteiger partial charge >= 0.3 is 0 Å². The predicted octanol–water partition coefficient (Wildman–Crippen LogP) is 4.03. The molecule has 1 N–H and O–H groups in total. The van der Waals surface area contributed by atoms with Crippen LogP contribution in [0.1, 0.15) is 40.3 Å². The molecule has 0 unspecified atom stereocenters. The van der Waals surface area contributed by atoms with Crippen LogP contribution in [0.15, 0.2) is 54.7 Å². The highest BCUT2D eigenvalue weighted by atomic mass is 19.1. The molecule has 1 heterocycles. The van der Waals surface area contributed by atoms with Crippen molar-refractivity contribution in [1.82, 2.24) is 9.78 Å². The van der Waals surface area contributed by atoms with Crippen LogP contribution in [-0.4, -0.2) is 21.5 Å². The first-order valence-corrected chi connectivity index (χ1v) is 8.24. The maximum absolute atomic E-state index is 13.1. The number of nitrogens with zero attached hydrogens (tertiary/aromatic N) is 2. The summed E-state index contributed by atoms with van der Waals surface area (Å²) in [5, 5.41) is 7.09. The Kier molecular flexibility index (Phi) is 4.93. The lowest BCUT2D eigenvalue weighted by molar-refractivity contribution is 0.101. The number of halogens is 1. The van der Waals surface area contributed by atoms with E-state index in [-0.39, 0.29) is 17.5 Å². The first-order chi connectivity index (χ1) is 12.5. The standard InChI is InChI=1S/C20H18FN3O2/c1-3-19-18(12-22-24(19)17-10-6-15(21)7-11-17)20(26)23-16-8-4-14(5-9-16)13(2)25/h4-12H,3H2,1-2H3,(H,23,26). The van der Waals surface area contributed by atoms with Gasteiger partial charge in [0.2, 0.25) is 0 Å². The van der Waals surface area contributed by atoms with E-state index in [1.807, 2.05) is 6.92 Å². The second-order valence-corrected chi connectivity index (χ2v) is 5.83. The van der Waals surface area contributed by atoms with Crippen molar-refractivity contribution in [2.45, 2.75) is 20.3 Å². The molecule has 0 aliphatic heterocycles. The average molecular weight is 351 g/mol. The van der Waals surface area contributed by atoms with Gasteiger partial charge in [0.05, 0.1) is 23.1 Å². The minimum absolute atomic E-state index is 0.0308. The Balaban J connectivity index is 1.85. The van der Waals surface area contributed by atoms with Crippen LogP contribution >= 0.6 is 0 Å². The van der Waals surface area contributed by atoms with Crippen LogP contribution in [-0.2, 0) is 6.42 Å². The fraction of sp³-hybridized carbons (Fsp3) is 0.150. The van der Waals surface area contributed by atoms with Gasteiger partial charge < -0.3 is 5.32 Å². The molecule has 3 aromatic rings. The monoisotopic (exact) mass is 351 g/mol. The van der Waals surface area contributed by atoms with E-state index in [4.69, 9.17) is 0 Å². The highest BCUT2D eigenvalue weighted by Gasteiger charge is 2.17. The topological polar surface area (TPSA) is 64.0 Å². The van der Waals surface area contributed by atoms with Gasteiger partial charge in [0.1, 0.15) is 5.82 Å². The quantitative estimate of drug-likeness (QED) is 0.706. The zero-order valence-corrected chi connectivity index (χ0v) is 14.5. The number of aromatic nitrogens is 2. The molecule has 1 amide bonds. The fourth-order valence-corrected chi connectivity index (χ4v) is 2.70. The molecular weight excluding hydrogens is 333 g/mol. The highest BCUT2D eigenvalue weighted by molar-refractivity contribution is 6.05. The van der Waals surface area contributed by atoms with Gasteiger partial charge in [-0.15, -0.1) is 0 Å². The first-order valence-electron chi connectivity index (χ1n) is 8.24. The van der Waals surface area contributed by atoms with Gasteiger partial charge in [0.15, 0.2) is 5.78 Å². The number of amides is 1. The van der Waals surface area contributed by atoms with Crippen LogP contribution < -0.4 is 5.32 Å².